The van der Waals surface area contributed by atoms with E-state index in [0.717, 1.165) is 12.8 Å². The molecule has 1 N–H and O–H groups in total. The first-order chi connectivity index (χ1) is 4.72. The summed E-state index contributed by atoms with van der Waals surface area (Å²) in [5, 5.41) is 11.9. The lowest BCUT2D eigenvalue weighted by Crippen LogP contribution is -2.43. The molecule has 1 aliphatic carbocycles. The summed E-state index contributed by atoms with van der Waals surface area (Å²) >= 11 is 0. The van der Waals surface area contributed by atoms with E-state index in [2.05, 4.69) is 25.2 Å². The van der Waals surface area contributed by atoms with Crippen LogP contribution >= 0.6 is 0 Å². The van der Waals surface area contributed by atoms with Crippen molar-refractivity contribution in [3.05, 3.63) is 0 Å². The molecule has 1 fully saturated rings. The number of nitrogens with one attached hydrogen (secondary N) is 1. The van der Waals surface area contributed by atoms with Crippen LogP contribution in [0, 0.1) is 17.2 Å². The summed E-state index contributed by atoms with van der Waals surface area (Å²) in [6, 6.07) is 3.44. The summed E-state index contributed by atoms with van der Waals surface area (Å²) in [4.78, 5) is 0. The first-order valence-corrected chi connectivity index (χ1v) is 3.88. The minimum Gasteiger partial charge on any atom is -0.312 e. The predicted octanol–water partition coefficient (Wildman–Crippen LogP) is 1.29. The van der Waals surface area contributed by atoms with Crippen LogP contribution in [0.3, 0.4) is 0 Å². The first kappa shape index (κ1) is 7.56. The van der Waals surface area contributed by atoms with E-state index >= 15 is 0 Å². The van der Waals surface area contributed by atoms with Gasteiger partial charge in [0.15, 0.2) is 0 Å². The van der Waals surface area contributed by atoms with Gasteiger partial charge in [-0.05, 0) is 12.8 Å². The molecule has 1 saturated carbocycles. The highest BCUT2D eigenvalue weighted by atomic mass is 15.0. The lowest BCUT2D eigenvalue weighted by Gasteiger charge is -2.32. The largest absolute Gasteiger partial charge is 0.312 e. The van der Waals surface area contributed by atoms with Crippen LogP contribution < -0.4 is 5.32 Å². The van der Waals surface area contributed by atoms with Crippen molar-refractivity contribution >= 4 is 0 Å². The van der Waals surface area contributed by atoms with Crippen molar-refractivity contribution in [1.82, 2.24) is 5.32 Å². The molecule has 56 valence electrons. The van der Waals surface area contributed by atoms with Crippen LogP contribution in [0.4, 0.5) is 0 Å². The Balaban J connectivity index is 2.10. The molecular formula is C8H14N2. The number of rotatable bonds is 2. The minimum absolute atomic E-state index is 0.330. The van der Waals surface area contributed by atoms with Crippen molar-refractivity contribution in [1.29, 1.82) is 5.26 Å². The zero-order chi connectivity index (χ0) is 7.56. The van der Waals surface area contributed by atoms with Gasteiger partial charge in [-0.2, -0.15) is 5.26 Å². The zero-order valence-electron chi connectivity index (χ0n) is 6.59. The van der Waals surface area contributed by atoms with Crippen LogP contribution in [0.25, 0.3) is 0 Å². The van der Waals surface area contributed by atoms with E-state index in [1.807, 2.05) is 0 Å². The van der Waals surface area contributed by atoms with Crippen LogP contribution in [0.2, 0.25) is 0 Å². The smallest absolute Gasteiger partial charge is 0.0657 e. The Hall–Kier alpha value is -0.550. The maximum absolute atomic E-state index is 8.46. The highest BCUT2D eigenvalue weighted by Crippen LogP contribution is 2.26. The second-order valence-corrected chi connectivity index (χ2v) is 3.32. The molecule has 0 amide bonds. The van der Waals surface area contributed by atoms with Crippen molar-refractivity contribution in [3.63, 3.8) is 0 Å². The normalized spacial score (nSPS) is 31.4. The Morgan fingerprint density at radius 2 is 2.10 bits per heavy atom. The van der Waals surface area contributed by atoms with Gasteiger partial charge in [-0.3, -0.25) is 0 Å². The van der Waals surface area contributed by atoms with Gasteiger partial charge in [0.1, 0.15) is 0 Å². The number of hydrogen-bond donors (Lipinski definition) is 1. The Kier molecular flexibility index (Phi) is 2.29. The second-order valence-electron chi connectivity index (χ2n) is 3.32. The molecule has 0 heterocycles. The van der Waals surface area contributed by atoms with Crippen LogP contribution in [0.1, 0.15) is 26.7 Å². The van der Waals surface area contributed by atoms with Gasteiger partial charge in [0.05, 0.1) is 6.07 Å². The van der Waals surface area contributed by atoms with Crippen molar-refractivity contribution < 1.29 is 0 Å². The molecule has 1 rings (SSSR count). The van der Waals surface area contributed by atoms with Gasteiger partial charge in [-0.1, -0.05) is 13.8 Å². The zero-order valence-corrected chi connectivity index (χ0v) is 6.59. The molecule has 1 aliphatic rings. The predicted molar refractivity (Wildman–Crippen MR) is 40.4 cm³/mol. The van der Waals surface area contributed by atoms with Gasteiger partial charge in [-0.15, -0.1) is 0 Å². The summed E-state index contributed by atoms with van der Waals surface area (Å²) in [5.74, 6) is 0.330. The quantitative estimate of drug-likeness (QED) is 0.624. The summed E-state index contributed by atoms with van der Waals surface area (Å²) < 4.78 is 0. The van der Waals surface area contributed by atoms with Gasteiger partial charge < -0.3 is 5.32 Å². The van der Waals surface area contributed by atoms with Gasteiger partial charge in [0.2, 0.25) is 0 Å². The van der Waals surface area contributed by atoms with Crippen LogP contribution in [-0.2, 0) is 0 Å². The topological polar surface area (TPSA) is 35.8 Å². The van der Waals surface area contributed by atoms with Crippen LogP contribution in [-0.4, -0.2) is 12.1 Å². The number of hydrogen-bond acceptors (Lipinski definition) is 2. The molecule has 0 radical (unpaired) electrons. The molecular weight excluding hydrogens is 124 g/mol. The van der Waals surface area contributed by atoms with Crippen molar-refractivity contribution in [2.24, 2.45) is 5.92 Å². The summed E-state index contributed by atoms with van der Waals surface area (Å²) in [6.07, 6.45) is 2.10. The van der Waals surface area contributed by atoms with Gasteiger partial charge in [0, 0.05) is 18.0 Å². The lowest BCUT2D eigenvalue weighted by atomic mass is 9.81. The molecule has 0 aromatic carbocycles. The van der Waals surface area contributed by atoms with E-state index < -0.39 is 0 Å². The molecule has 0 atom stereocenters. The number of nitrogens with zero attached hydrogens (tertiary/aromatic N) is 1. The lowest BCUT2D eigenvalue weighted by molar-refractivity contribution is 0.260. The molecule has 0 saturated heterocycles. The molecule has 0 spiro atoms. The van der Waals surface area contributed by atoms with E-state index in [1.54, 1.807) is 0 Å². The number of nitriles is 1. The molecule has 0 aliphatic heterocycles. The van der Waals surface area contributed by atoms with Crippen LogP contribution in [0.15, 0.2) is 0 Å². The maximum atomic E-state index is 8.46. The van der Waals surface area contributed by atoms with Crippen molar-refractivity contribution in [2.45, 2.75) is 38.8 Å². The van der Waals surface area contributed by atoms with Gasteiger partial charge >= 0.3 is 0 Å². The Bertz CT molecular complexity index is 140. The third-order valence-electron chi connectivity index (χ3n) is 1.89. The molecule has 0 aromatic heterocycles. The molecule has 10 heavy (non-hydrogen) atoms. The molecule has 2 heteroatoms. The highest BCUT2D eigenvalue weighted by Gasteiger charge is 2.28. The third-order valence-corrected chi connectivity index (χ3v) is 1.89. The average molecular weight is 138 g/mol. The highest BCUT2D eigenvalue weighted by molar-refractivity contribution is 4.97. The monoisotopic (exact) mass is 138 g/mol. The van der Waals surface area contributed by atoms with Crippen molar-refractivity contribution in [2.75, 3.05) is 0 Å². The Labute approximate surface area is 62.2 Å². The van der Waals surface area contributed by atoms with E-state index in [4.69, 9.17) is 5.26 Å². The van der Waals surface area contributed by atoms with E-state index in [-0.39, 0.29) is 0 Å². The standard InChI is InChI=1S/C8H14N2/c1-6(2)10-8-3-7(4-8)5-9/h6-8,10H,3-4H2,1-2H3/t7-,8+. The fourth-order valence-corrected chi connectivity index (χ4v) is 1.33. The Morgan fingerprint density at radius 1 is 1.50 bits per heavy atom. The first-order valence-electron chi connectivity index (χ1n) is 3.88. The van der Waals surface area contributed by atoms with Crippen molar-refractivity contribution in [3.8, 4) is 6.07 Å². The molecule has 0 aromatic rings. The third kappa shape index (κ3) is 1.71. The fourth-order valence-electron chi connectivity index (χ4n) is 1.33. The fraction of sp³-hybridized carbons (Fsp3) is 0.875. The van der Waals surface area contributed by atoms with E-state index in [1.165, 1.54) is 0 Å². The molecule has 2 nitrogen and oxygen atoms in total. The Morgan fingerprint density at radius 3 is 2.50 bits per heavy atom. The van der Waals surface area contributed by atoms with Gasteiger partial charge in [0.25, 0.3) is 0 Å². The summed E-state index contributed by atoms with van der Waals surface area (Å²) in [5.41, 5.74) is 0. The molecule has 0 bridgehead atoms. The minimum atomic E-state index is 0.330. The molecule has 0 unspecified atom stereocenters. The van der Waals surface area contributed by atoms with E-state index in [0.29, 0.717) is 18.0 Å². The summed E-state index contributed by atoms with van der Waals surface area (Å²) in [6.45, 7) is 4.28. The maximum Gasteiger partial charge on any atom is 0.0657 e. The van der Waals surface area contributed by atoms with Gasteiger partial charge in [-0.25, -0.2) is 0 Å². The van der Waals surface area contributed by atoms with E-state index in [9.17, 15) is 0 Å². The SMILES string of the molecule is CC(C)N[C@H]1C[C@@H](C#N)C1. The second kappa shape index (κ2) is 3.03. The summed E-state index contributed by atoms with van der Waals surface area (Å²) in [7, 11) is 0. The average Bonchev–Trinajstić information content (AvgIpc) is 1.76. The van der Waals surface area contributed by atoms with Crippen LogP contribution in [0.5, 0.6) is 0 Å².